The van der Waals surface area contributed by atoms with E-state index in [-0.39, 0.29) is 24.1 Å². The van der Waals surface area contributed by atoms with Gasteiger partial charge in [-0.25, -0.2) is 0 Å². The van der Waals surface area contributed by atoms with E-state index in [2.05, 4.69) is 41.4 Å². The minimum atomic E-state index is -0.744. The molecule has 1 aliphatic heterocycles. The van der Waals surface area contributed by atoms with Crippen LogP contribution in [0.5, 0.6) is 0 Å². The fraction of sp³-hybridized carbons (Fsp3) is 0.222. The first kappa shape index (κ1) is 18.2. The Labute approximate surface area is 168 Å². The zero-order chi connectivity index (χ0) is 19.5. The Hall–Kier alpha value is -3.14. The minimum absolute atomic E-state index is 0.122. The summed E-state index contributed by atoms with van der Waals surface area (Å²) in [5, 5.41) is 6.73. The SMILES string of the molecule is O=C1NCCN(C(=O)c2cncc(Br)c2)C1Cc1nc(-c2ccncc2)no1. The average Bonchev–Trinajstić information content (AvgIpc) is 3.18. The third-order valence-electron chi connectivity index (χ3n) is 4.32. The van der Waals surface area contributed by atoms with Crippen molar-refractivity contribution in [3.05, 3.63) is 58.9 Å². The van der Waals surface area contributed by atoms with E-state index >= 15 is 0 Å². The van der Waals surface area contributed by atoms with Crippen LogP contribution >= 0.6 is 15.9 Å². The molecule has 0 aromatic carbocycles. The number of hydrogen-bond donors (Lipinski definition) is 1. The molecule has 28 heavy (non-hydrogen) atoms. The molecule has 1 unspecified atom stereocenters. The molecular formula is C18H15BrN6O3. The van der Waals surface area contributed by atoms with Crippen molar-refractivity contribution in [2.75, 3.05) is 13.1 Å². The van der Waals surface area contributed by atoms with Crippen molar-refractivity contribution in [3.8, 4) is 11.4 Å². The summed E-state index contributed by atoms with van der Waals surface area (Å²) in [6.45, 7) is 0.766. The van der Waals surface area contributed by atoms with Gasteiger partial charge in [-0.1, -0.05) is 5.16 Å². The average molecular weight is 443 g/mol. The summed E-state index contributed by atoms with van der Waals surface area (Å²) in [5.41, 5.74) is 1.16. The van der Waals surface area contributed by atoms with E-state index < -0.39 is 6.04 Å². The Balaban J connectivity index is 1.57. The second-order valence-corrected chi connectivity index (χ2v) is 7.06. The molecule has 3 aromatic rings. The second-order valence-electron chi connectivity index (χ2n) is 6.15. The highest BCUT2D eigenvalue weighted by Gasteiger charge is 2.35. The second kappa shape index (κ2) is 7.85. The lowest BCUT2D eigenvalue weighted by Gasteiger charge is -2.34. The maximum Gasteiger partial charge on any atom is 0.256 e. The molecule has 0 saturated carbocycles. The molecule has 9 nitrogen and oxygen atoms in total. The van der Waals surface area contributed by atoms with Gasteiger partial charge in [-0.05, 0) is 34.1 Å². The highest BCUT2D eigenvalue weighted by atomic mass is 79.9. The number of amides is 2. The van der Waals surface area contributed by atoms with Crippen molar-refractivity contribution in [1.82, 2.24) is 30.3 Å². The molecule has 0 spiro atoms. The van der Waals surface area contributed by atoms with Crippen molar-refractivity contribution < 1.29 is 14.1 Å². The topological polar surface area (TPSA) is 114 Å². The van der Waals surface area contributed by atoms with Gasteiger partial charge in [0.1, 0.15) is 6.04 Å². The summed E-state index contributed by atoms with van der Waals surface area (Å²) in [5.74, 6) is 0.149. The van der Waals surface area contributed by atoms with E-state index in [0.29, 0.717) is 29.0 Å². The predicted octanol–water partition coefficient (Wildman–Crippen LogP) is 1.47. The van der Waals surface area contributed by atoms with E-state index in [9.17, 15) is 9.59 Å². The molecule has 1 aliphatic rings. The highest BCUT2D eigenvalue weighted by molar-refractivity contribution is 9.10. The fourth-order valence-electron chi connectivity index (χ4n) is 2.98. The maximum absolute atomic E-state index is 12.9. The van der Waals surface area contributed by atoms with Gasteiger partial charge in [0.25, 0.3) is 5.91 Å². The molecule has 0 bridgehead atoms. The third kappa shape index (κ3) is 3.77. The monoisotopic (exact) mass is 442 g/mol. The van der Waals surface area contributed by atoms with Crippen LogP contribution in [-0.4, -0.2) is 56.0 Å². The summed E-state index contributed by atoms with van der Waals surface area (Å²) < 4.78 is 5.99. The van der Waals surface area contributed by atoms with E-state index in [1.165, 1.54) is 11.1 Å². The van der Waals surface area contributed by atoms with Gasteiger partial charge in [0.15, 0.2) is 0 Å². The maximum atomic E-state index is 12.9. The Kier molecular flexibility index (Phi) is 5.11. The van der Waals surface area contributed by atoms with Gasteiger partial charge in [-0.3, -0.25) is 19.6 Å². The molecule has 3 aromatic heterocycles. The van der Waals surface area contributed by atoms with Crippen LogP contribution in [0.2, 0.25) is 0 Å². The number of carbonyl (C=O) groups excluding carboxylic acids is 2. The molecule has 1 N–H and O–H groups in total. The normalized spacial score (nSPS) is 16.7. The summed E-state index contributed by atoms with van der Waals surface area (Å²) in [7, 11) is 0. The number of piperazine rings is 1. The van der Waals surface area contributed by atoms with Crippen molar-refractivity contribution in [2.24, 2.45) is 0 Å². The molecule has 1 saturated heterocycles. The van der Waals surface area contributed by atoms with Gasteiger partial charge in [0.2, 0.25) is 17.6 Å². The number of pyridine rings is 2. The lowest BCUT2D eigenvalue weighted by Crippen LogP contribution is -2.58. The van der Waals surface area contributed by atoms with Crippen molar-refractivity contribution in [2.45, 2.75) is 12.5 Å². The number of rotatable bonds is 4. The molecule has 0 radical (unpaired) electrons. The van der Waals surface area contributed by atoms with Crippen molar-refractivity contribution in [3.63, 3.8) is 0 Å². The molecular weight excluding hydrogens is 428 g/mol. The van der Waals surface area contributed by atoms with Crippen LogP contribution in [0.4, 0.5) is 0 Å². The van der Waals surface area contributed by atoms with Crippen LogP contribution in [0, 0.1) is 0 Å². The van der Waals surface area contributed by atoms with Crippen LogP contribution in [0.25, 0.3) is 11.4 Å². The molecule has 1 atom stereocenters. The van der Waals surface area contributed by atoms with Gasteiger partial charge in [-0.2, -0.15) is 4.98 Å². The number of aromatic nitrogens is 4. The number of nitrogens with one attached hydrogen (secondary N) is 1. The van der Waals surface area contributed by atoms with Crippen LogP contribution in [0.1, 0.15) is 16.2 Å². The summed E-state index contributed by atoms with van der Waals surface area (Å²) in [6.07, 6.45) is 6.46. The first-order valence-electron chi connectivity index (χ1n) is 8.54. The van der Waals surface area contributed by atoms with Crippen LogP contribution in [0.3, 0.4) is 0 Å². The minimum Gasteiger partial charge on any atom is -0.353 e. The highest BCUT2D eigenvalue weighted by Crippen LogP contribution is 2.19. The number of hydrogen-bond acceptors (Lipinski definition) is 7. The lowest BCUT2D eigenvalue weighted by molar-refractivity contribution is -0.127. The van der Waals surface area contributed by atoms with E-state index in [1.54, 1.807) is 36.8 Å². The van der Waals surface area contributed by atoms with Crippen LogP contribution < -0.4 is 5.32 Å². The number of nitrogens with zero attached hydrogens (tertiary/aromatic N) is 5. The third-order valence-corrected chi connectivity index (χ3v) is 4.75. The lowest BCUT2D eigenvalue weighted by atomic mass is 10.1. The Morgan fingerprint density at radius 2 is 2.11 bits per heavy atom. The predicted molar refractivity (Wildman–Crippen MR) is 101 cm³/mol. The van der Waals surface area contributed by atoms with Crippen LogP contribution in [0.15, 0.2) is 52.0 Å². The standard InChI is InChI=1S/C18H15BrN6O3/c19-13-7-12(9-21-10-13)18(27)25-6-5-22-17(26)14(25)8-15-23-16(24-28-15)11-1-3-20-4-2-11/h1-4,7,9-10,14H,5-6,8H2,(H,22,26). The summed E-state index contributed by atoms with van der Waals surface area (Å²) in [6, 6.07) is 4.45. The van der Waals surface area contributed by atoms with Crippen molar-refractivity contribution in [1.29, 1.82) is 0 Å². The molecule has 4 rings (SSSR count). The van der Waals surface area contributed by atoms with Crippen molar-refractivity contribution >= 4 is 27.7 Å². The molecule has 1 fully saturated rings. The van der Waals surface area contributed by atoms with Gasteiger partial charge >= 0.3 is 0 Å². The molecule has 2 amide bonds. The van der Waals surface area contributed by atoms with Gasteiger partial charge in [0, 0.05) is 47.9 Å². The zero-order valence-electron chi connectivity index (χ0n) is 14.6. The zero-order valence-corrected chi connectivity index (χ0v) is 16.2. The first-order valence-corrected chi connectivity index (χ1v) is 9.33. The van der Waals surface area contributed by atoms with E-state index in [4.69, 9.17) is 4.52 Å². The van der Waals surface area contributed by atoms with E-state index in [0.717, 1.165) is 5.56 Å². The molecule has 0 aliphatic carbocycles. The fourth-order valence-corrected chi connectivity index (χ4v) is 3.34. The Morgan fingerprint density at radius 3 is 2.89 bits per heavy atom. The molecule has 4 heterocycles. The smallest absolute Gasteiger partial charge is 0.256 e. The largest absolute Gasteiger partial charge is 0.353 e. The summed E-state index contributed by atoms with van der Waals surface area (Å²) >= 11 is 3.31. The quantitative estimate of drug-likeness (QED) is 0.650. The van der Waals surface area contributed by atoms with E-state index in [1.807, 2.05) is 0 Å². The number of carbonyl (C=O) groups is 2. The first-order chi connectivity index (χ1) is 13.6. The van der Waals surface area contributed by atoms with Crippen LogP contribution in [-0.2, 0) is 11.2 Å². The molecule has 142 valence electrons. The van der Waals surface area contributed by atoms with Gasteiger partial charge in [-0.15, -0.1) is 0 Å². The van der Waals surface area contributed by atoms with Gasteiger partial charge in [0.05, 0.1) is 12.0 Å². The Bertz CT molecular complexity index is 1010. The molecule has 10 heteroatoms. The van der Waals surface area contributed by atoms with Gasteiger partial charge < -0.3 is 14.7 Å². The number of halogens is 1. The Morgan fingerprint density at radius 1 is 1.29 bits per heavy atom. The summed E-state index contributed by atoms with van der Waals surface area (Å²) in [4.78, 5) is 39.2.